The minimum absolute atomic E-state index is 0.455. The summed E-state index contributed by atoms with van der Waals surface area (Å²) >= 11 is 0. The summed E-state index contributed by atoms with van der Waals surface area (Å²) in [6.07, 6.45) is -0.477. The molecule has 0 saturated heterocycles. The van der Waals surface area contributed by atoms with E-state index < -0.39 is 11.7 Å². The Morgan fingerprint density at radius 3 is 2.40 bits per heavy atom. The lowest BCUT2D eigenvalue weighted by Gasteiger charge is -2.05. The highest BCUT2D eigenvalue weighted by molar-refractivity contribution is 5.56. The highest BCUT2D eigenvalue weighted by Crippen LogP contribution is 2.29. The maximum Gasteiger partial charge on any atom is 0.417 e. The van der Waals surface area contributed by atoms with Crippen molar-refractivity contribution in [2.24, 2.45) is 0 Å². The van der Waals surface area contributed by atoms with Gasteiger partial charge in [0.2, 0.25) is 0 Å². The van der Waals surface area contributed by atoms with Crippen molar-refractivity contribution in [2.45, 2.75) is 6.18 Å². The van der Waals surface area contributed by atoms with E-state index in [9.17, 15) is 13.2 Å². The topological polar surface area (TPSA) is 41.6 Å². The molecule has 0 atom stereocenters. The highest BCUT2D eigenvalue weighted by atomic mass is 19.4. The lowest BCUT2D eigenvalue weighted by molar-refractivity contribution is -0.137. The number of nitrogens with one attached hydrogen (secondary N) is 1. The van der Waals surface area contributed by atoms with Gasteiger partial charge in [-0.2, -0.15) is 18.3 Å². The molecule has 0 bridgehead atoms. The molecular weight excluding hydrogens is 207 g/mol. The van der Waals surface area contributed by atoms with Gasteiger partial charge in [0.25, 0.3) is 0 Å². The third kappa shape index (κ3) is 1.98. The monoisotopic (exact) mass is 213 g/mol. The molecular formula is C9H6F3N3. The Balaban J connectivity index is 2.33. The molecule has 2 aromatic rings. The molecule has 0 amide bonds. The first kappa shape index (κ1) is 9.70. The van der Waals surface area contributed by atoms with Crippen molar-refractivity contribution < 1.29 is 13.2 Å². The van der Waals surface area contributed by atoms with Crippen LogP contribution in [0.1, 0.15) is 5.56 Å². The Labute approximate surface area is 83.0 Å². The number of halogens is 3. The number of alkyl halides is 3. The first-order valence-corrected chi connectivity index (χ1v) is 4.10. The molecule has 0 saturated carbocycles. The summed E-state index contributed by atoms with van der Waals surface area (Å²) in [7, 11) is 0. The van der Waals surface area contributed by atoms with Gasteiger partial charge in [-0.05, 0) is 12.1 Å². The van der Waals surface area contributed by atoms with Gasteiger partial charge in [-0.1, -0.05) is 0 Å². The van der Waals surface area contributed by atoms with Crippen LogP contribution in [0.5, 0.6) is 0 Å². The second-order valence-electron chi connectivity index (χ2n) is 2.92. The van der Waals surface area contributed by atoms with Crippen molar-refractivity contribution in [3.05, 3.63) is 36.3 Å². The molecule has 2 rings (SSSR count). The predicted octanol–water partition coefficient (Wildman–Crippen LogP) is 2.49. The second-order valence-corrected chi connectivity index (χ2v) is 2.92. The summed E-state index contributed by atoms with van der Waals surface area (Å²) in [6.45, 7) is 0. The molecule has 0 aliphatic carbocycles. The van der Waals surface area contributed by atoms with Gasteiger partial charge in [0.15, 0.2) is 0 Å². The molecule has 2 heterocycles. The van der Waals surface area contributed by atoms with Crippen LogP contribution in [0.2, 0.25) is 0 Å². The number of aromatic amines is 1. The zero-order chi connectivity index (χ0) is 10.9. The number of hydrogen-bond donors (Lipinski definition) is 1. The average molecular weight is 213 g/mol. The van der Waals surface area contributed by atoms with E-state index in [0.717, 1.165) is 12.3 Å². The number of pyridine rings is 1. The molecule has 0 aliphatic rings. The Kier molecular flexibility index (Phi) is 2.18. The third-order valence-corrected chi connectivity index (χ3v) is 1.88. The summed E-state index contributed by atoms with van der Waals surface area (Å²) < 4.78 is 36.6. The summed E-state index contributed by atoms with van der Waals surface area (Å²) in [6, 6.07) is 2.31. The maximum atomic E-state index is 12.2. The standard InChI is InChI=1S/C9H6F3N3/c10-9(11,12)7-1-2-8(13-5-7)6-3-14-15-4-6/h1-5H,(H,14,15). The predicted molar refractivity (Wildman–Crippen MR) is 46.8 cm³/mol. The molecule has 0 spiro atoms. The van der Waals surface area contributed by atoms with Gasteiger partial charge < -0.3 is 0 Å². The van der Waals surface area contributed by atoms with Crippen molar-refractivity contribution in [3.8, 4) is 11.3 Å². The van der Waals surface area contributed by atoms with Crippen LogP contribution in [-0.4, -0.2) is 15.2 Å². The Hall–Kier alpha value is -1.85. The van der Waals surface area contributed by atoms with Crippen LogP contribution in [0, 0.1) is 0 Å². The van der Waals surface area contributed by atoms with Gasteiger partial charge in [0.05, 0.1) is 17.5 Å². The molecule has 2 aromatic heterocycles. The minimum atomic E-state index is -4.35. The van der Waals surface area contributed by atoms with Crippen LogP contribution >= 0.6 is 0 Å². The first-order chi connectivity index (χ1) is 7.07. The molecule has 1 N–H and O–H groups in total. The number of nitrogens with zero attached hydrogens (tertiary/aromatic N) is 2. The lowest BCUT2D eigenvalue weighted by Crippen LogP contribution is -2.05. The number of aromatic nitrogens is 3. The van der Waals surface area contributed by atoms with Crippen LogP contribution in [0.3, 0.4) is 0 Å². The van der Waals surface area contributed by atoms with E-state index in [-0.39, 0.29) is 0 Å². The second kappa shape index (κ2) is 3.38. The molecule has 0 fully saturated rings. The lowest BCUT2D eigenvalue weighted by atomic mass is 10.2. The van der Waals surface area contributed by atoms with E-state index in [1.807, 2.05) is 0 Å². The van der Waals surface area contributed by atoms with Crippen LogP contribution in [-0.2, 0) is 6.18 Å². The Morgan fingerprint density at radius 2 is 1.93 bits per heavy atom. The quantitative estimate of drug-likeness (QED) is 0.790. The van der Waals surface area contributed by atoms with Gasteiger partial charge >= 0.3 is 6.18 Å². The normalized spacial score (nSPS) is 11.7. The maximum absolute atomic E-state index is 12.2. The summed E-state index contributed by atoms with van der Waals surface area (Å²) in [5.74, 6) is 0. The van der Waals surface area contributed by atoms with Gasteiger partial charge in [-0.25, -0.2) is 0 Å². The molecule has 0 aliphatic heterocycles. The van der Waals surface area contributed by atoms with E-state index in [0.29, 0.717) is 11.3 Å². The van der Waals surface area contributed by atoms with Gasteiger partial charge in [-0.3, -0.25) is 10.1 Å². The van der Waals surface area contributed by atoms with E-state index in [1.165, 1.54) is 12.3 Å². The van der Waals surface area contributed by atoms with Crippen molar-refractivity contribution >= 4 is 0 Å². The van der Waals surface area contributed by atoms with E-state index in [2.05, 4.69) is 15.2 Å². The van der Waals surface area contributed by atoms with Crippen LogP contribution in [0.15, 0.2) is 30.7 Å². The Morgan fingerprint density at radius 1 is 1.13 bits per heavy atom. The largest absolute Gasteiger partial charge is 0.417 e. The van der Waals surface area contributed by atoms with Gasteiger partial charge in [0.1, 0.15) is 0 Å². The molecule has 6 heteroatoms. The van der Waals surface area contributed by atoms with Crippen LogP contribution in [0.4, 0.5) is 13.2 Å². The number of H-pyrrole nitrogens is 1. The fourth-order valence-electron chi connectivity index (χ4n) is 1.12. The van der Waals surface area contributed by atoms with Crippen molar-refractivity contribution in [2.75, 3.05) is 0 Å². The summed E-state index contributed by atoms with van der Waals surface area (Å²) in [5, 5.41) is 6.24. The van der Waals surface area contributed by atoms with Crippen molar-refractivity contribution in [1.29, 1.82) is 0 Å². The fourth-order valence-corrected chi connectivity index (χ4v) is 1.12. The first-order valence-electron chi connectivity index (χ1n) is 4.10. The van der Waals surface area contributed by atoms with E-state index in [1.54, 1.807) is 6.20 Å². The summed E-state index contributed by atoms with van der Waals surface area (Å²) in [4.78, 5) is 3.71. The van der Waals surface area contributed by atoms with Gasteiger partial charge in [-0.15, -0.1) is 0 Å². The van der Waals surface area contributed by atoms with Crippen molar-refractivity contribution in [3.63, 3.8) is 0 Å². The summed E-state index contributed by atoms with van der Waals surface area (Å²) in [5.41, 5.74) is 0.357. The van der Waals surface area contributed by atoms with Crippen molar-refractivity contribution in [1.82, 2.24) is 15.2 Å². The van der Waals surface area contributed by atoms with E-state index in [4.69, 9.17) is 0 Å². The third-order valence-electron chi connectivity index (χ3n) is 1.88. The average Bonchev–Trinajstić information content (AvgIpc) is 2.69. The SMILES string of the molecule is FC(F)(F)c1ccc(-c2cn[nH]c2)nc1. The van der Waals surface area contributed by atoms with Crippen LogP contribution < -0.4 is 0 Å². The van der Waals surface area contributed by atoms with E-state index >= 15 is 0 Å². The minimum Gasteiger partial charge on any atom is -0.285 e. The molecule has 0 aromatic carbocycles. The van der Waals surface area contributed by atoms with Gasteiger partial charge in [0, 0.05) is 18.0 Å². The smallest absolute Gasteiger partial charge is 0.285 e. The Bertz CT molecular complexity index is 431. The molecule has 15 heavy (non-hydrogen) atoms. The molecule has 78 valence electrons. The van der Waals surface area contributed by atoms with Crippen LogP contribution in [0.25, 0.3) is 11.3 Å². The zero-order valence-corrected chi connectivity index (χ0v) is 7.42. The highest BCUT2D eigenvalue weighted by Gasteiger charge is 2.30. The zero-order valence-electron chi connectivity index (χ0n) is 7.42. The number of rotatable bonds is 1. The molecule has 3 nitrogen and oxygen atoms in total. The fraction of sp³-hybridized carbons (Fsp3) is 0.111. The number of hydrogen-bond acceptors (Lipinski definition) is 2. The molecule has 0 unspecified atom stereocenters. The molecule has 0 radical (unpaired) electrons.